The molecular weight excluding hydrogens is 310 g/mol. The summed E-state index contributed by atoms with van der Waals surface area (Å²) >= 11 is 0. The van der Waals surface area contributed by atoms with Crippen LogP contribution < -0.4 is 15.5 Å². The average molecular weight is 334 g/mol. The fourth-order valence-electron chi connectivity index (χ4n) is 3.30. The minimum atomic E-state index is 0.182. The lowest BCUT2D eigenvalue weighted by atomic mass is 10.1. The number of para-hydroxylation sites is 1. The van der Waals surface area contributed by atoms with Crippen LogP contribution in [0.15, 0.2) is 54.6 Å². The summed E-state index contributed by atoms with van der Waals surface area (Å²) < 4.78 is 0. The Hall–Kier alpha value is -2.66. The third-order valence-corrected chi connectivity index (χ3v) is 4.73. The second-order valence-electron chi connectivity index (χ2n) is 6.52. The molecule has 25 heavy (non-hydrogen) atoms. The van der Waals surface area contributed by atoms with Gasteiger partial charge in [0, 0.05) is 11.4 Å². The van der Waals surface area contributed by atoms with E-state index < -0.39 is 0 Å². The molecule has 1 aromatic heterocycles. The number of nitrogens with two attached hydrogens (primary N) is 1. The number of nitrogens with one attached hydrogen (secondary N) is 1. The minimum Gasteiger partial charge on any atom is -0.363 e. The summed E-state index contributed by atoms with van der Waals surface area (Å²) in [5.41, 5.74) is 2.24. The Balaban J connectivity index is 1.70. The molecule has 0 spiro atoms. The molecule has 1 aliphatic heterocycles. The zero-order valence-corrected chi connectivity index (χ0v) is 14.5. The average Bonchev–Trinajstić information content (AvgIpc) is 2.69. The van der Waals surface area contributed by atoms with E-state index in [1.165, 1.54) is 5.56 Å². The van der Waals surface area contributed by atoms with E-state index in [1.54, 1.807) is 0 Å². The smallest absolute Gasteiger partial charge is 0.228 e. The Morgan fingerprint density at radius 2 is 1.68 bits per heavy atom. The van der Waals surface area contributed by atoms with Crippen molar-refractivity contribution in [2.75, 3.05) is 36.4 Å². The molecule has 1 aliphatic rings. The van der Waals surface area contributed by atoms with Gasteiger partial charge in [-0.05, 0) is 24.6 Å². The monoisotopic (exact) mass is 334 g/mol. The Morgan fingerprint density at radius 3 is 2.48 bits per heavy atom. The van der Waals surface area contributed by atoms with Crippen molar-refractivity contribution in [3.63, 3.8) is 0 Å². The number of aromatic nitrogens is 2. The van der Waals surface area contributed by atoms with Crippen molar-refractivity contribution in [3.05, 3.63) is 60.2 Å². The number of hydrogen-bond donors (Lipinski definition) is 2. The van der Waals surface area contributed by atoms with Gasteiger partial charge in [0.1, 0.15) is 5.82 Å². The van der Waals surface area contributed by atoms with Gasteiger partial charge in [0.2, 0.25) is 5.95 Å². The Bertz CT molecular complexity index is 843. The second-order valence-corrected chi connectivity index (χ2v) is 6.52. The van der Waals surface area contributed by atoms with Crippen LogP contribution >= 0.6 is 0 Å². The number of rotatable bonds is 4. The predicted molar refractivity (Wildman–Crippen MR) is 102 cm³/mol. The molecule has 0 saturated carbocycles. The maximum absolute atomic E-state index is 4.88. The van der Waals surface area contributed by atoms with Crippen LogP contribution in [0.3, 0.4) is 0 Å². The molecule has 128 valence electrons. The zero-order chi connectivity index (χ0) is 17.1. The van der Waals surface area contributed by atoms with Crippen LogP contribution in [0.25, 0.3) is 10.9 Å². The normalized spacial score (nSPS) is 16.0. The van der Waals surface area contributed by atoms with Gasteiger partial charge in [-0.2, -0.15) is 4.98 Å². The van der Waals surface area contributed by atoms with E-state index in [4.69, 9.17) is 9.97 Å². The molecule has 0 amide bonds. The molecule has 0 unspecified atom stereocenters. The lowest BCUT2D eigenvalue weighted by molar-refractivity contribution is -0.655. The van der Waals surface area contributed by atoms with Crippen molar-refractivity contribution >= 4 is 22.7 Å². The summed E-state index contributed by atoms with van der Waals surface area (Å²) in [4.78, 5) is 12.0. The van der Waals surface area contributed by atoms with E-state index in [-0.39, 0.29) is 6.04 Å². The number of hydrogen-bond acceptors (Lipinski definition) is 4. The highest BCUT2D eigenvalue weighted by atomic mass is 15.3. The molecule has 5 nitrogen and oxygen atoms in total. The molecule has 1 saturated heterocycles. The van der Waals surface area contributed by atoms with Gasteiger partial charge in [-0.15, -0.1) is 0 Å². The minimum absolute atomic E-state index is 0.182. The first-order chi connectivity index (χ1) is 12.3. The summed E-state index contributed by atoms with van der Waals surface area (Å²) in [6, 6.07) is 18.9. The van der Waals surface area contributed by atoms with E-state index in [1.807, 2.05) is 18.2 Å². The van der Waals surface area contributed by atoms with Gasteiger partial charge in [-0.25, -0.2) is 4.98 Å². The SMILES string of the molecule is C[C@H](Nc1nc(N2CC[NH2+]CC2)nc2ccccc12)c1ccccc1. The van der Waals surface area contributed by atoms with Gasteiger partial charge in [0.25, 0.3) is 0 Å². The van der Waals surface area contributed by atoms with Gasteiger partial charge in [-0.1, -0.05) is 42.5 Å². The number of fused-ring (bicyclic) bond motifs is 1. The standard InChI is InChI=1S/C20H23N5/c1-15(16-7-3-2-4-8-16)22-19-17-9-5-6-10-18(17)23-20(24-19)25-13-11-21-12-14-25/h2-10,15,21H,11-14H2,1H3,(H,22,23,24)/p+1/t15-/m0/s1. The van der Waals surface area contributed by atoms with Gasteiger partial charge >= 0.3 is 0 Å². The summed E-state index contributed by atoms with van der Waals surface area (Å²) in [6.45, 7) is 6.35. The molecule has 5 heteroatoms. The third-order valence-electron chi connectivity index (χ3n) is 4.73. The molecule has 1 fully saturated rings. The van der Waals surface area contributed by atoms with Crippen molar-refractivity contribution in [2.24, 2.45) is 0 Å². The molecule has 0 radical (unpaired) electrons. The van der Waals surface area contributed by atoms with Crippen molar-refractivity contribution in [2.45, 2.75) is 13.0 Å². The fraction of sp³-hybridized carbons (Fsp3) is 0.300. The van der Waals surface area contributed by atoms with E-state index in [9.17, 15) is 0 Å². The maximum atomic E-state index is 4.88. The zero-order valence-electron chi connectivity index (χ0n) is 14.5. The van der Waals surface area contributed by atoms with Crippen LogP contribution in [0.5, 0.6) is 0 Å². The van der Waals surface area contributed by atoms with Crippen LogP contribution in [0.2, 0.25) is 0 Å². The largest absolute Gasteiger partial charge is 0.363 e. The molecule has 3 aromatic rings. The van der Waals surface area contributed by atoms with Crippen LogP contribution in [-0.4, -0.2) is 36.1 Å². The molecule has 2 aromatic carbocycles. The second kappa shape index (κ2) is 7.07. The third kappa shape index (κ3) is 3.42. The molecule has 0 bridgehead atoms. The molecule has 2 heterocycles. The van der Waals surface area contributed by atoms with Crippen LogP contribution in [0.1, 0.15) is 18.5 Å². The Kier molecular flexibility index (Phi) is 4.48. The topological polar surface area (TPSA) is 57.7 Å². The van der Waals surface area contributed by atoms with Gasteiger partial charge in [0.05, 0.1) is 31.7 Å². The van der Waals surface area contributed by atoms with Gasteiger partial charge < -0.3 is 15.5 Å². The maximum Gasteiger partial charge on any atom is 0.228 e. The highest BCUT2D eigenvalue weighted by Crippen LogP contribution is 2.27. The Labute approximate surface area is 148 Å². The van der Waals surface area contributed by atoms with Gasteiger partial charge in [0.15, 0.2) is 0 Å². The number of quaternary nitrogens is 1. The van der Waals surface area contributed by atoms with E-state index in [0.717, 1.165) is 48.8 Å². The van der Waals surface area contributed by atoms with E-state index in [2.05, 4.69) is 58.9 Å². The van der Waals surface area contributed by atoms with E-state index >= 15 is 0 Å². The number of anilines is 2. The van der Waals surface area contributed by atoms with Crippen molar-refractivity contribution in [1.82, 2.24) is 9.97 Å². The lowest BCUT2D eigenvalue weighted by Gasteiger charge is -2.26. The summed E-state index contributed by atoms with van der Waals surface area (Å²) in [6.07, 6.45) is 0. The van der Waals surface area contributed by atoms with Crippen molar-refractivity contribution in [1.29, 1.82) is 0 Å². The Morgan fingerprint density at radius 1 is 0.960 bits per heavy atom. The molecule has 3 N–H and O–H groups in total. The first-order valence-electron chi connectivity index (χ1n) is 8.96. The molecule has 1 atom stereocenters. The quantitative estimate of drug-likeness (QED) is 0.768. The first-order valence-corrected chi connectivity index (χ1v) is 8.96. The van der Waals surface area contributed by atoms with Crippen molar-refractivity contribution < 1.29 is 5.32 Å². The highest BCUT2D eigenvalue weighted by Gasteiger charge is 2.18. The molecule has 4 rings (SSSR count). The first kappa shape index (κ1) is 15.8. The number of piperazine rings is 1. The summed E-state index contributed by atoms with van der Waals surface area (Å²) in [5.74, 6) is 1.74. The summed E-state index contributed by atoms with van der Waals surface area (Å²) in [5, 5.41) is 7.00. The fourth-order valence-corrected chi connectivity index (χ4v) is 3.30. The number of benzene rings is 2. The predicted octanol–water partition coefficient (Wildman–Crippen LogP) is 2.19. The molecule has 0 aliphatic carbocycles. The van der Waals surface area contributed by atoms with E-state index in [0.29, 0.717) is 0 Å². The summed E-state index contributed by atoms with van der Waals surface area (Å²) in [7, 11) is 0. The van der Waals surface area contributed by atoms with Crippen molar-refractivity contribution in [3.8, 4) is 0 Å². The van der Waals surface area contributed by atoms with Crippen LogP contribution in [-0.2, 0) is 0 Å². The highest BCUT2D eigenvalue weighted by molar-refractivity contribution is 5.90. The number of nitrogens with zero attached hydrogens (tertiary/aromatic N) is 3. The van der Waals surface area contributed by atoms with Crippen LogP contribution in [0, 0.1) is 0 Å². The van der Waals surface area contributed by atoms with Crippen LogP contribution in [0.4, 0.5) is 11.8 Å². The lowest BCUT2D eigenvalue weighted by Crippen LogP contribution is -2.89. The molecular formula is C20H24N5+. The van der Waals surface area contributed by atoms with Gasteiger partial charge in [-0.3, -0.25) is 0 Å².